The van der Waals surface area contributed by atoms with Crippen LogP contribution >= 0.6 is 0 Å². The minimum absolute atomic E-state index is 0.466. The van der Waals surface area contributed by atoms with Gasteiger partial charge in [0.15, 0.2) is 0 Å². The Bertz CT molecular complexity index is 485. The number of pyridine rings is 1. The highest BCUT2D eigenvalue weighted by molar-refractivity contribution is 5.55. The summed E-state index contributed by atoms with van der Waals surface area (Å²) in [6, 6.07) is 6.70. The van der Waals surface area contributed by atoms with Gasteiger partial charge in [-0.15, -0.1) is 0 Å². The maximum absolute atomic E-state index is 4.40. The van der Waals surface area contributed by atoms with Crippen LogP contribution in [-0.4, -0.2) is 16.7 Å². The summed E-state index contributed by atoms with van der Waals surface area (Å²) in [4.78, 5) is 0. The lowest BCUT2D eigenvalue weighted by Crippen LogP contribution is -2.29. The summed E-state index contributed by atoms with van der Waals surface area (Å²) in [6.45, 7) is 0. The van der Waals surface area contributed by atoms with E-state index in [0.717, 1.165) is 5.92 Å². The molecule has 16 heavy (non-hydrogen) atoms. The van der Waals surface area contributed by atoms with Gasteiger partial charge < -0.3 is 5.32 Å². The zero-order valence-corrected chi connectivity index (χ0v) is 9.56. The summed E-state index contributed by atoms with van der Waals surface area (Å²) >= 11 is 0. The lowest BCUT2D eigenvalue weighted by molar-refractivity contribution is 0.240. The molecule has 0 spiro atoms. The first-order valence-electron chi connectivity index (χ1n) is 5.99. The first-order chi connectivity index (χ1) is 7.90. The van der Waals surface area contributed by atoms with Crippen molar-refractivity contribution in [1.82, 2.24) is 14.9 Å². The smallest absolute Gasteiger partial charge is 0.0709 e. The average molecular weight is 215 g/mol. The van der Waals surface area contributed by atoms with Gasteiger partial charge in [0.05, 0.1) is 11.7 Å². The zero-order valence-electron chi connectivity index (χ0n) is 9.56. The Morgan fingerprint density at radius 1 is 1.44 bits per heavy atom. The molecular weight excluding hydrogens is 198 g/mol. The normalized spacial score (nSPS) is 18.6. The van der Waals surface area contributed by atoms with Crippen molar-refractivity contribution in [1.29, 1.82) is 0 Å². The van der Waals surface area contributed by atoms with Crippen molar-refractivity contribution in [3.63, 3.8) is 0 Å². The number of nitrogens with one attached hydrogen (secondary N) is 1. The van der Waals surface area contributed by atoms with E-state index in [1.165, 1.54) is 30.3 Å². The van der Waals surface area contributed by atoms with Crippen molar-refractivity contribution in [2.45, 2.75) is 25.3 Å². The highest BCUT2D eigenvalue weighted by Crippen LogP contribution is 2.38. The van der Waals surface area contributed by atoms with Crippen LogP contribution in [0.3, 0.4) is 0 Å². The van der Waals surface area contributed by atoms with E-state index in [1.807, 2.05) is 23.0 Å². The molecule has 0 amide bonds. The van der Waals surface area contributed by atoms with Crippen LogP contribution in [0.5, 0.6) is 0 Å². The second-order valence-corrected chi connectivity index (χ2v) is 4.59. The number of fused-ring (bicyclic) bond motifs is 1. The molecule has 1 unspecified atom stereocenters. The molecule has 0 aromatic carbocycles. The molecule has 1 aliphatic carbocycles. The van der Waals surface area contributed by atoms with E-state index in [1.54, 1.807) is 0 Å². The predicted octanol–water partition coefficient (Wildman–Crippen LogP) is 2.39. The second kappa shape index (κ2) is 3.91. The molecule has 3 nitrogen and oxygen atoms in total. The van der Waals surface area contributed by atoms with E-state index in [0.29, 0.717) is 6.04 Å². The number of rotatable bonds is 3. The minimum Gasteiger partial charge on any atom is -0.313 e. The number of nitrogens with zero attached hydrogens (tertiary/aromatic N) is 2. The van der Waals surface area contributed by atoms with Crippen LogP contribution in [0.4, 0.5) is 0 Å². The van der Waals surface area contributed by atoms with E-state index in [-0.39, 0.29) is 0 Å². The van der Waals surface area contributed by atoms with Gasteiger partial charge in [0.25, 0.3) is 0 Å². The van der Waals surface area contributed by atoms with E-state index in [4.69, 9.17) is 0 Å². The number of hydrogen-bond acceptors (Lipinski definition) is 2. The monoisotopic (exact) mass is 215 g/mol. The Balaban J connectivity index is 2.02. The first kappa shape index (κ1) is 9.85. The zero-order chi connectivity index (χ0) is 11.0. The summed E-state index contributed by atoms with van der Waals surface area (Å²) in [6.07, 6.45) is 8.08. The molecule has 84 valence electrons. The summed E-state index contributed by atoms with van der Waals surface area (Å²) in [5.74, 6) is 0.790. The molecule has 2 heterocycles. The van der Waals surface area contributed by atoms with E-state index in [2.05, 4.69) is 29.6 Å². The van der Waals surface area contributed by atoms with Crippen LogP contribution in [0.25, 0.3) is 5.52 Å². The molecule has 1 saturated carbocycles. The standard InChI is InChI=1S/C13H17N3/c1-14-13(10-5-4-6-10)11-9-15-16-8-3-2-7-12(11)16/h2-3,7-10,13-14H,4-6H2,1H3. The molecule has 1 aliphatic rings. The first-order valence-corrected chi connectivity index (χ1v) is 5.99. The van der Waals surface area contributed by atoms with Crippen LogP contribution in [-0.2, 0) is 0 Å². The van der Waals surface area contributed by atoms with Gasteiger partial charge in [-0.1, -0.05) is 12.5 Å². The molecule has 2 aromatic rings. The summed E-state index contributed by atoms with van der Waals surface area (Å²) in [5.41, 5.74) is 2.57. The predicted molar refractivity (Wildman–Crippen MR) is 64.3 cm³/mol. The van der Waals surface area contributed by atoms with Gasteiger partial charge >= 0.3 is 0 Å². The maximum atomic E-state index is 4.40. The molecule has 1 atom stereocenters. The molecule has 0 saturated heterocycles. The third kappa shape index (κ3) is 1.43. The maximum Gasteiger partial charge on any atom is 0.0709 e. The Morgan fingerprint density at radius 2 is 2.31 bits per heavy atom. The van der Waals surface area contributed by atoms with Gasteiger partial charge in [-0.25, -0.2) is 4.52 Å². The Kier molecular flexibility index (Phi) is 2.40. The van der Waals surface area contributed by atoms with Crippen molar-refractivity contribution in [2.75, 3.05) is 7.05 Å². The lowest BCUT2D eigenvalue weighted by atomic mass is 9.77. The summed E-state index contributed by atoms with van der Waals surface area (Å²) < 4.78 is 1.96. The minimum atomic E-state index is 0.466. The molecular formula is C13H17N3. The third-order valence-electron chi connectivity index (χ3n) is 3.72. The fraction of sp³-hybridized carbons (Fsp3) is 0.462. The molecule has 1 fully saturated rings. The SMILES string of the molecule is CNC(c1cnn2ccccc12)C1CCC1. The van der Waals surface area contributed by atoms with Crippen LogP contribution in [0.1, 0.15) is 30.9 Å². The van der Waals surface area contributed by atoms with E-state index in [9.17, 15) is 0 Å². The van der Waals surface area contributed by atoms with Gasteiger partial charge in [0.2, 0.25) is 0 Å². The highest BCUT2D eigenvalue weighted by Gasteiger charge is 2.29. The van der Waals surface area contributed by atoms with Gasteiger partial charge in [0.1, 0.15) is 0 Å². The van der Waals surface area contributed by atoms with Gasteiger partial charge in [-0.2, -0.15) is 5.10 Å². The van der Waals surface area contributed by atoms with Crippen molar-refractivity contribution >= 4 is 5.52 Å². The fourth-order valence-electron chi connectivity index (χ4n) is 2.61. The molecule has 1 N–H and O–H groups in total. The molecule has 3 heteroatoms. The van der Waals surface area contributed by atoms with Crippen LogP contribution in [0.2, 0.25) is 0 Å². The average Bonchev–Trinajstić information content (AvgIpc) is 2.67. The lowest BCUT2D eigenvalue weighted by Gasteiger charge is -2.33. The Morgan fingerprint density at radius 3 is 3.00 bits per heavy atom. The van der Waals surface area contributed by atoms with Gasteiger partial charge in [-0.3, -0.25) is 0 Å². The molecule has 0 bridgehead atoms. The molecule has 0 radical (unpaired) electrons. The Labute approximate surface area is 95.5 Å². The number of hydrogen-bond donors (Lipinski definition) is 1. The van der Waals surface area contributed by atoms with Crippen LogP contribution in [0.15, 0.2) is 30.6 Å². The van der Waals surface area contributed by atoms with Crippen molar-refractivity contribution in [2.24, 2.45) is 5.92 Å². The third-order valence-corrected chi connectivity index (χ3v) is 3.72. The topological polar surface area (TPSA) is 29.3 Å². The fourth-order valence-corrected chi connectivity index (χ4v) is 2.61. The van der Waals surface area contributed by atoms with Crippen molar-refractivity contribution in [3.8, 4) is 0 Å². The second-order valence-electron chi connectivity index (χ2n) is 4.59. The largest absolute Gasteiger partial charge is 0.313 e. The van der Waals surface area contributed by atoms with Crippen molar-refractivity contribution in [3.05, 3.63) is 36.2 Å². The quantitative estimate of drug-likeness (QED) is 0.852. The summed E-state index contributed by atoms with van der Waals surface area (Å²) in [7, 11) is 2.05. The van der Waals surface area contributed by atoms with E-state index < -0.39 is 0 Å². The Hall–Kier alpha value is -1.35. The van der Waals surface area contributed by atoms with Crippen molar-refractivity contribution < 1.29 is 0 Å². The van der Waals surface area contributed by atoms with E-state index >= 15 is 0 Å². The van der Waals surface area contributed by atoms with Gasteiger partial charge in [-0.05, 0) is 37.9 Å². The number of aromatic nitrogens is 2. The van der Waals surface area contributed by atoms with Crippen LogP contribution in [0, 0.1) is 5.92 Å². The molecule has 2 aromatic heterocycles. The van der Waals surface area contributed by atoms with Gasteiger partial charge in [0, 0.05) is 17.8 Å². The highest BCUT2D eigenvalue weighted by atomic mass is 15.2. The van der Waals surface area contributed by atoms with Crippen LogP contribution < -0.4 is 5.32 Å². The molecule has 3 rings (SSSR count). The molecule has 0 aliphatic heterocycles. The summed E-state index contributed by atoms with van der Waals surface area (Å²) in [5, 5.41) is 7.85.